The van der Waals surface area contributed by atoms with Crippen molar-refractivity contribution >= 4 is 5.97 Å². The molecule has 0 bridgehead atoms. The normalized spacial score (nSPS) is 11.2. The Morgan fingerprint density at radius 3 is 2.37 bits per heavy atom. The van der Waals surface area contributed by atoms with E-state index in [1.54, 1.807) is 0 Å². The van der Waals surface area contributed by atoms with Gasteiger partial charge in [0.15, 0.2) is 18.3 Å². The van der Waals surface area contributed by atoms with Crippen molar-refractivity contribution in [2.45, 2.75) is 6.18 Å². The van der Waals surface area contributed by atoms with E-state index < -0.39 is 35.8 Å². The van der Waals surface area contributed by atoms with Gasteiger partial charge in [-0.25, -0.2) is 4.79 Å². The summed E-state index contributed by atoms with van der Waals surface area (Å²) >= 11 is 0. The van der Waals surface area contributed by atoms with E-state index in [2.05, 4.69) is 4.74 Å². The second-order valence-electron chi connectivity index (χ2n) is 3.41. The fourth-order valence-corrected chi connectivity index (χ4v) is 1.35. The van der Waals surface area contributed by atoms with Crippen LogP contribution in [0.25, 0.3) is 0 Å². The van der Waals surface area contributed by atoms with Gasteiger partial charge in [-0.3, -0.25) is 0 Å². The number of carboxylic acids is 1. The number of carbonyl (C=O) groups is 1. The second-order valence-corrected chi connectivity index (χ2v) is 3.41. The van der Waals surface area contributed by atoms with Gasteiger partial charge in [-0.05, 0) is 12.1 Å². The average molecular weight is 280 g/mol. The maximum Gasteiger partial charge on any atom is 0.420 e. The van der Waals surface area contributed by atoms with Gasteiger partial charge in [-0.2, -0.15) is 13.2 Å². The molecule has 0 spiro atoms. The molecule has 0 saturated carbocycles. The van der Waals surface area contributed by atoms with Crippen LogP contribution in [0.4, 0.5) is 13.2 Å². The van der Waals surface area contributed by atoms with Crippen molar-refractivity contribution < 1.29 is 37.3 Å². The third kappa shape index (κ3) is 3.50. The summed E-state index contributed by atoms with van der Waals surface area (Å²) in [6.07, 6.45) is -4.78. The summed E-state index contributed by atoms with van der Waals surface area (Å²) < 4.78 is 52.7. The van der Waals surface area contributed by atoms with Gasteiger partial charge < -0.3 is 19.3 Å². The summed E-state index contributed by atoms with van der Waals surface area (Å²) in [5.74, 6) is -2.44. The lowest BCUT2D eigenvalue weighted by molar-refractivity contribution is -0.139. The number of rotatable bonds is 5. The molecule has 0 aliphatic rings. The van der Waals surface area contributed by atoms with Crippen LogP contribution in [0.5, 0.6) is 11.5 Å². The molecule has 1 N–H and O–H groups in total. The van der Waals surface area contributed by atoms with E-state index in [0.29, 0.717) is 6.07 Å². The van der Waals surface area contributed by atoms with Crippen LogP contribution in [-0.2, 0) is 10.9 Å². The zero-order valence-electron chi connectivity index (χ0n) is 10.1. The Hall–Kier alpha value is -1.96. The molecule has 0 aliphatic carbocycles. The van der Waals surface area contributed by atoms with E-state index >= 15 is 0 Å². The van der Waals surface area contributed by atoms with Crippen LogP contribution in [0.1, 0.15) is 15.9 Å². The van der Waals surface area contributed by atoms with Gasteiger partial charge in [0.25, 0.3) is 0 Å². The minimum atomic E-state index is -4.78. The molecule has 0 amide bonds. The molecule has 19 heavy (non-hydrogen) atoms. The number of halogens is 3. The monoisotopic (exact) mass is 280 g/mol. The molecule has 0 fully saturated rings. The van der Waals surface area contributed by atoms with E-state index in [1.807, 2.05) is 0 Å². The van der Waals surface area contributed by atoms with E-state index in [4.69, 9.17) is 14.6 Å². The molecule has 1 aromatic carbocycles. The summed E-state index contributed by atoms with van der Waals surface area (Å²) in [6.45, 7) is -0.425. The number of aromatic carboxylic acids is 1. The lowest BCUT2D eigenvalue weighted by Crippen LogP contribution is -2.13. The maximum atomic E-state index is 12.9. The molecule has 0 aromatic heterocycles. The molecule has 1 aromatic rings. The van der Waals surface area contributed by atoms with E-state index in [-0.39, 0.29) is 5.75 Å². The molecule has 0 aliphatic heterocycles. The highest BCUT2D eigenvalue weighted by Gasteiger charge is 2.37. The first-order chi connectivity index (χ1) is 8.81. The van der Waals surface area contributed by atoms with Crippen molar-refractivity contribution in [3.63, 3.8) is 0 Å². The number of methoxy groups -OCH3 is 2. The molecular weight excluding hydrogens is 269 g/mol. The molecule has 0 saturated heterocycles. The Kier molecular flexibility index (Phi) is 4.60. The predicted molar refractivity (Wildman–Crippen MR) is 57.5 cm³/mol. The van der Waals surface area contributed by atoms with Crippen LogP contribution in [0.3, 0.4) is 0 Å². The Balaban J connectivity index is 3.43. The lowest BCUT2D eigenvalue weighted by Gasteiger charge is -2.17. The van der Waals surface area contributed by atoms with E-state index in [0.717, 1.165) is 13.2 Å². The number of carboxylic acid groups (broad SMARTS) is 1. The number of benzene rings is 1. The molecule has 5 nitrogen and oxygen atoms in total. The molecule has 0 radical (unpaired) electrons. The molecule has 0 heterocycles. The van der Waals surface area contributed by atoms with Crippen molar-refractivity contribution in [3.05, 3.63) is 23.3 Å². The largest absolute Gasteiger partial charge is 0.493 e. The summed E-state index contributed by atoms with van der Waals surface area (Å²) in [6, 6.07) is 1.43. The van der Waals surface area contributed by atoms with Gasteiger partial charge in [-0.1, -0.05) is 0 Å². The highest BCUT2D eigenvalue weighted by atomic mass is 19.4. The molecule has 8 heteroatoms. The maximum absolute atomic E-state index is 12.9. The third-order valence-electron chi connectivity index (χ3n) is 2.15. The van der Waals surface area contributed by atoms with Crippen LogP contribution < -0.4 is 9.47 Å². The summed E-state index contributed by atoms with van der Waals surface area (Å²) in [7, 11) is 2.35. The highest BCUT2D eigenvalue weighted by molar-refractivity contribution is 5.89. The van der Waals surface area contributed by atoms with Gasteiger partial charge in [0.05, 0.1) is 12.7 Å². The van der Waals surface area contributed by atoms with Crippen molar-refractivity contribution in [1.82, 2.24) is 0 Å². The molecule has 0 atom stereocenters. The zero-order valence-corrected chi connectivity index (χ0v) is 10.1. The van der Waals surface area contributed by atoms with E-state index in [1.165, 1.54) is 7.11 Å². The fourth-order valence-electron chi connectivity index (χ4n) is 1.35. The van der Waals surface area contributed by atoms with Gasteiger partial charge in [-0.15, -0.1) is 0 Å². The Morgan fingerprint density at radius 2 is 1.95 bits per heavy atom. The molecule has 1 rings (SSSR count). The summed E-state index contributed by atoms with van der Waals surface area (Å²) in [5.41, 5.74) is -1.78. The summed E-state index contributed by atoms with van der Waals surface area (Å²) in [5, 5.41) is 8.77. The zero-order chi connectivity index (χ0) is 14.6. The van der Waals surface area contributed by atoms with Crippen LogP contribution in [-0.4, -0.2) is 32.1 Å². The van der Waals surface area contributed by atoms with Gasteiger partial charge in [0.2, 0.25) is 0 Å². The predicted octanol–water partition coefficient (Wildman–Crippen LogP) is 2.39. The van der Waals surface area contributed by atoms with Crippen molar-refractivity contribution in [3.8, 4) is 11.5 Å². The van der Waals surface area contributed by atoms with Crippen LogP contribution >= 0.6 is 0 Å². The Labute approximate surface area is 106 Å². The average Bonchev–Trinajstić information content (AvgIpc) is 2.33. The number of hydrogen-bond donors (Lipinski definition) is 1. The summed E-state index contributed by atoms with van der Waals surface area (Å²) in [4.78, 5) is 10.8. The van der Waals surface area contributed by atoms with Crippen LogP contribution in [0.15, 0.2) is 12.1 Å². The third-order valence-corrected chi connectivity index (χ3v) is 2.15. The Bertz CT molecular complexity index is 470. The minimum absolute atomic E-state index is 0.329. The first-order valence-electron chi connectivity index (χ1n) is 4.95. The van der Waals surface area contributed by atoms with Gasteiger partial charge in [0, 0.05) is 7.11 Å². The molecular formula is C11H11F3O5. The van der Waals surface area contributed by atoms with Crippen molar-refractivity contribution in [2.24, 2.45) is 0 Å². The number of alkyl halides is 3. The first-order valence-corrected chi connectivity index (χ1v) is 4.95. The van der Waals surface area contributed by atoms with Crippen molar-refractivity contribution in [2.75, 3.05) is 21.0 Å². The fraction of sp³-hybridized carbons (Fsp3) is 0.364. The van der Waals surface area contributed by atoms with E-state index in [9.17, 15) is 18.0 Å². The van der Waals surface area contributed by atoms with Crippen LogP contribution in [0, 0.1) is 0 Å². The van der Waals surface area contributed by atoms with Crippen molar-refractivity contribution in [1.29, 1.82) is 0 Å². The first kappa shape index (κ1) is 15.1. The quantitative estimate of drug-likeness (QED) is 0.839. The molecule has 106 valence electrons. The minimum Gasteiger partial charge on any atom is -0.493 e. The smallest absolute Gasteiger partial charge is 0.420 e. The Morgan fingerprint density at radius 1 is 1.32 bits per heavy atom. The number of ether oxygens (including phenoxy) is 3. The highest BCUT2D eigenvalue weighted by Crippen LogP contribution is 2.42. The lowest BCUT2D eigenvalue weighted by atomic mass is 10.1. The topological polar surface area (TPSA) is 65.0 Å². The second kappa shape index (κ2) is 5.79. The molecule has 0 unspecified atom stereocenters. The van der Waals surface area contributed by atoms with Gasteiger partial charge >= 0.3 is 12.1 Å². The SMILES string of the molecule is COCOc1c(OC)cc(C(=O)O)cc1C(F)(F)F. The standard InChI is InChI=1S/C11H11F3O5/c1-17-5-19-9-7(11(12,13)14)3-6(10(15)16)4-8(9)18-2/h3-4H,5H2,1-2H3,(H,15,16). The van der Waals surface area contributed by atoms with Crippen LogP contribution in [0.2, 0.25) is 0 Å². The van der Waals surface area contributed by atoms with Gasteiger partial charge in [0.1, 0.15) is 5.56 Å². The number of hydrogen-bond acceptors (Lipinski definition) is 4.